The first-order valence-electron chi connectivity index (χ1n) is 7.02. The summed E-state index contributed by atoms with van der Waals surface area (Å²) in [4.78, 5) is 25.5. The number of carbonyl (C=O) groups is 2. The van der Waals surface area contributed by atoms with Crippen molar-refractivity contribution >= 4 is 17.9 Å². The zero-order valence-corrected chi connectivity index (χ0v) is 12.5. The van der Waals surface area contributed by atoms with Gasteiger partial charge in [-0.05, 0) is 32.0 Å². The standard InChI is InChI=1S/C16H18N2O4/c1-3-21-14-6-5-12(8-15(14)22-4-2)18-16(20)13-7-11(10-19)9-17-13/h5-10,17H,3-4H2,1-2H3,(H,18,20). The van der Waals surface area contributed by atoms with Crippen molar-refractivity contribution in [1.82, 2.24) is 4.98 Å². The number of carbonyl (C=O) groups excluding carboxylic acids is 2. The second kappa shape index (κ2) is 7.31. The van der Waals surface area contributed by atoms with Gasteiger partial charge in [0.2, 0.25) is 0 Å². The highest BCUT2D eigenvalue weighted by molar-refractivity contribution is 6.04. The fraction of sp³-hybridized carbons (Fsp3) is 0.250. The number of anilines is 1. The van der Waals surface area contributed by atoms with Gasteiger partial charge < -0.3 is 19.8 Å². The van der Waals surface area contributed by atoms with Crippen LogP contribution in [0.5, 0.6) is 11.5 Å². The first kappa shape index (κ1) is 15.6. The fourth-order valence-corrected chi connectivity index (χ4v) is 1.94. The molecular formula is C16H18N2O4. The topological polar surface area (TPSA) is 80.4 Å². The van der Waals surface area contributed by atoms with Gasteiger partial charge in [0, 0.05) is 23.5 Å². The third-order valence-electron chi connectivity index (χ3n) is 2.89. The number of benzene rings is 1. The summed E-state index contributed by atoms with van der Waals surface area (Å²) in [6, 6.07) is 6.67. The van der Waals surface area contributed by atoms with E-state index in [-0.39, 0.29) is 5.91 Å². The van der Waals surface area contributed by atoms with Gasteiger partial charge in [0.05, 0.1) is 13.2 Å². The summed E-state index contributed by atoms with van der Waals surface area (Å²) in [6.45, 7) is 4.79. The second-order valence-electron chi connectivity index (χ2n) is 4.45. The molecule has 2 N–H and O–H groups in total. The Bertz CT molecular complexity index is 664. The van der Waals surface area contributed by atoms with E-state index in [9.17, 15) is 9.59 Å². The number of aromatic amines is 1. The predicted molar refractivity (Wildman–Crippen MR) is 82.9 cm³/mol. The van der Waals surface area contributed by atoms with E-state index in [1.807, 2.05) is 13.8 Å². The average Bonchev–Trinajstić information content (AvgIpc) is 2.99. The van der Waals surface area contributed by atoms with Gasteiger partial charge in [0.15, 0.2) is 17.8 Å². The Morgan fingerprint density at radius 3 is 2.55 bits per heavy atom. The van der Waals surface area contributed by atoms with Crippen LogP contribution in [0.1, 0.15) is 34.7 Å². The van der Waals surface area contributed by atoms with E-state index in [0.717, 1.165) is 0 Å². The van der Waals surface area contributed by atoms with Crippen LogP contribution >= 0.6 is 0 Å². The maximum atomic E-state index is 12.1. The number of ether oxygens (including phenoxy) is 2. The number of hydrogen-bond donors (Lipinski definition) is 2. The van der Waals surface area contributed by atoms with E-state index in [4.69, 9.17) is 9.47 Å². The van der Waals surface area contributed by atoms with Gasteiger partial charge >= 0.3 is 0 Å². The van der Waals surface area contributed by atoms with Crippen molar-refractivity contribution in [1.29, 1.82) is 0 Å². The summed E-state index contributed by atoms with van der Waals surface area (Å²) in [5.41, 5.74) is 1.32. The molecule has 0 atom stereocenters. The summed E-state index contributed by atoms with van der Waals surface area (Å²) in [5.74, 6) is 0.868. The van der Waals surface area contributed by atoms with Crippen LogP contribution in [-0.4, -0.2) is 30.4 Å². The van der Waals surface area contributed by atoms with Crippen LogP contribution in [0.15, 0.2) is 30.5 Å². The van der Waals surface area contributed by atoms with Crippen molar-refractivity contribution in [3.63, 3.8) is 0 Å². The van der Waals surface area contributed by atoms with E-state index in [0.29, 0.717) is 47.9 Å². The molecule has 0 saturated carbocycles. The van der Waals surface area contributed by atoms with Crippen molar-refractivity contribution in [3.05, 3.63) is 41.7 Å². The Balaban J connectivity index is 2.16. The molecule has 0 aliphatic heterocycles. The number of nitrogens with one attached hydrogen (secondary N) is 2. The molecule has 6 nitrogen and oxygen atoms in total. The molecule has 116 valence electrons. The van der Waals surface area contributed by atoms with E-state index in [1.54, 1.807) is 18.2 Å². The molecule has 6 heteroatoms. The summed E-state index contributed by atoms with van der Waals surface area (Å²) in [5, 5.41) is 2.74. The zero-order valence-electron chi connectivity index (χ0n) is 12.5. The first-order valence-corrected chi connectivity index (χ1v) is 7.02. The van der Waals surface area contributed by atoms with E-state index < -0.39 is 0 Å². The maximum absolute atomic E-state index is 12.1. The van der Waals surface area contributed by atoms with Crippen LogP contribution in [-0.2, 0) is 0 Å². The highest BCUT2D eigenvalue weighted by atomic mass is 16.5. The van der Waals surface area contributed by atoms with Gasteiger partial charge in [-0.2, -0.15) is 0 Å². The SMILES string of the molecule is CCOc1ccc(NC(=O)c2cc(C=O)c[nH]2)cc1OCC. The van der Waals surface area contributed by atoms with Crippen molar-refractivity contribution in [3.8, 4) is 11.5 Å². The van der Waals surface area contributed by atoms with Crippen LogP contribution in [0.25, 0.3) is 0 Å². The largest absolute Gasteiger partial charge is 0.490 e. The van der Waals surface area contributed by atoms with Gasteiger partial charge in [0.25, 0.3) is 5.91 Å². The molecule has 2 aromatic rings. The summed E-state index contributed by atoms with van der Waals surface area (Å²) in [6.07, 6.45) is 2.16. The van der Waals surface area contributed by atoms with Gasteiger partial charge in [-0.15, -0.1) is 0 Å². The van der Waals surface area contributed by atoms with Crippen molar-refractivity contribution in [2.24, 2.45) is 0 Å². The van der Waals surface area contributed by atoms with Gasteiger partial charge in [-0.25, -0.2) is 0 Å². The first-order chi connectivity index (χ1) is 10.7. The number of rotatable bonds is 7. The fourth-order valence-electron chi connectivity index (χ4n) is 1.94. The average molecular weight is 302 g/mol. The van der Waals surface area contributed by atoms with Gasteiger partial charge in [-0.1, -0.05) is 0 Å². The molecule has 1 aromatic heterocycles. The lowest BCUT2D eigenvalue weighted by Gasteiger charge is -2.12. The van der Waals surface area contributed by atoms with Crippen LogP contribution in [0.4, 0.5) is 5.69 Å². The molecule has 0 fully saturated rings. The van der Waals surface area contributed by atoms with Gasteiger partial charge in [0.1, 0.15) is 5.69 Å². The lowest BCUT2D eigenvalue weighted by atomic mass is 10.2. The minimum atomic E-state index is -0.334. The molecule has 0 saturated heterocycles. The molecule has 0 bridgehead atoms. The van der Waals surface area contributed by atoms with Crippen molar-refractivity contribution < 1.29 is 19.1 Å². The normalized spacial score (nSPS) is 10.1. The monoisotopic (exact) mass is 302 g/mol. The highest BCUT2D eigenvalue weighted by Gasteiger charge is 2.11. The molecule has 2 rings (SSSR count). The second-order valence-corrected chi connectivity index (χ2v) is 4.45. The Hall–Kier alpha value is -2.76. The number of aldehydes is 1. The number of amides is 1. The molecule has 22 heavy (non-hydrogen) atoms. The number of H-pyrrole nitrogens is 1. The Morgan fingerprint density at radius 1 is 1.18 bits per heavy atom. The Kier molecular flexibility index (Phi) is 5.19. The summed E-state index contributed by atoms with van der Waals surface area (Å²) in [7, 11) is 0. The van der Waals surface area contributed by atoms with E-state index in [1.165, 1.54) is 12.3 Å². The molecule has 0 unspecified atom stereocenters. The van der Waals surface area contributed by atoms with Gasteiger partial charge in [-0.3, -0.25) is 9.59 Å². The maximum Gasteiger partial charge on any atom is 0.272 e. The highest BCUT2D eigenvalue weighted by Crippen LogP contribution is 2.30. The molecule has 0 spiro atoms. The minimum absolute atomic E-state index is 0.314. The van der Waals surface area contributed by atoms with Crippen LogP contribution in [0.3, 0.4) is 0 Å². The molecule has 0 aliphatic rings. The van der Waals surface area contributed by atoms with Crippen molar-refractivity contribution in [2.45, 2.75) is 13.8 Å². The predicted octanol–water partition coefficient (Wildman–Crippen LogP) is 2.88. The molecule has 1 heterocycles. The number of aromatic nitrogens is 1. The Labute approximate surface area is 128 Å². The molecule has 1 amide bonds. The summed E-state index contributed by atoms with van der Waals surface area (Å²) >= 11 is 0. The third kappa shape index (κ3) is 3.66. The number of hydrogen-bond acceptors (Lipinski definition) is 4. The molecular weight excluding hydrogens is 284 g/mol. The van der Waals surface area contributed by atoms with E-state index >= 15 is 0 Å². The lowest BCUT2D eigenvalue weighted by molar-refractivity contribution is 0.102. The van der Waals surface area contributed by atoms with Crippen molar-refractivity contribution in [2.75, 3.05) is 18.5 Å². The molecule has 0 radical (unpaired) electrons. The van der Waals surface area contributed by atoms with Crippen LogP contribution in [0.2, 0.25) is 0 Å². The summed E-state index contributed by atoms with van der Waals surface area (Å²) < 4.78 is 11.0. The zero-order chi connectivity index (χ0) is 15.9. The smallest absolute Gasteiger partial charge is 0.272 e. The van der Waals surface area contributed by atoms with Crippen LogP contribution in [0, 0.1) is 0 Å². The lowest BCUT2D eigenvalue weighted by Crippen LogP contribution is -2.12. The molecule has 1 aromatic carbocycles. The third-order valence-corrected chi connectivity index (χ3v) is 2.89. The van der Waals surface area contributed by atoms with Crippen LogP contribution < -0.4 is 14.8 Å². The minimum Gasteiger partial charge on any atom is -0.490 e. The molecule has 0 aliphatic carbocycles. The Morgan fingerprint density at radius 2 is 1.91 bits per heavy atom. The van der Waals surface area contributed by atoms with E-state index in [2.05, 4.69) is 10.3 Å². The quantitative estimate of drug-likeness (QED) is 0.771.